The van der Waals surface area contributed by atoms with Gasteiger partial charge >= 0.3 is 0 Å². The maximum atomic E-state index is 6.68. The molecule has 7 heteroatoms. The number of hydrogen-bond acceptors (Lipinski definition) is 4. The summed E-state index contributed by atoms with van der Waals surface area (Å²) in [7, 11) is -1.23. The Morgan fingerprint density at radius 1 is 0.547 bits per heavy atom. The number of aromatic nitrogens is 4. The van der Waals surface area contributed by atoms with Crippen molar-refractivity contribution in [1.82, 2.24) is 19.5 Å². The topological polar surface area (TPSA) is 56.7 Å². The molecule has 0 aliphatic heterocycles. The minimum absolute atomic E-state index is 0. The Bertz CT molecular complexity index is 3340. The third-order valence-corrected chi connectivity index (χ3v) is 13.5. The summed E-state index contributed by atoms with van der Waals surface area (Å²) in [5.74, 6) is 0.765. The molecule has 313 valence electrons. The van der Waals surface area contributed by atoms with E-state index in [1.165, 1.54) is 21.9 Å². The van der Waals surface area contributed by atoms with Gasteiger partial charge in [0, 0.05) is 43.1 Å². The molecule has 0 unspecified atom stereocenters. The minimum atomic E-state index is -1.23. The van der Waals surface area contributed by atoms with E-state index in [1.807, 2.05) is 67.8 Å². The van der Waals surface area contributed by atoms with Crippen molar-refractivity contribution in [2.75, 3.05) is 0 Å². The van der Waals surface area contributed by atoms with Crippen molar-refractivity contribution in [3.05, 3.63) is 212 Å². The number of nitrogens with zero attached hydrogens (tertiary/aromatic N) is 4. The van der Waals surface area contributed by atoms with Gasteiger partial charge in [0.25, 0.3) is 0 Å². The second kappa shape index (κ2) is 18.0. The normalized spacial score (nSPS) is 11.3. The molecule has 4 aromatic heterocycles. The van der Waals surface area contributed by atoms with E-state index in [0.29, 0.717) is 0 Å². The van der Waals surface area contributed by atoms with Crippen molar-refractivity contribution in [3.63, 3.8) is 0 Å². The largest absolute Gasteiger partial charge is 0.501 e. The molecule has 11 rings (SSSR count). The van der Waals surface area contributed by atoms with Crippen LogP contribution in [0.25, 0.3) is 94.7 Å². The summed E-state index contributed by atoms with van der Waals surface area (Å²) < 4.78 is 8.84. The minimum Gasteiger partial charge on any atom is -0.501 e. The SMILES string of the molecule is C[Si](C)(C)c1ccc(-c2[c-]cccc2)nc1.Cc1cc2nc(-c3[c-]ccc4c3oc3cc(-c5ccc(-c6ccccc6)cc5)ccc34)n(-c3ccc(-c4ccccc4)cc3)c2cn1.[Ir]. The summed E-state index contributed by atoms with van der Waals surface area (Å²) in [5, 5.41) is 3.49. The molecule has 7 aromatic carbocycles. The van der Waals surface area contributed by atoms with Gasteiger partial charge < -0.3 is 14.0 Å². The molecule has 11 aromatic rings. The van der Waals surface area contributed by atoms with Crippen molar-refractivity contribution in [1.29, 1.82) is 0 Å². The van der Waals surface area contributed by atoms with Gasteiger partial charge in [-0.15, -0.1) is 54.1 Å². The van der Waals surface area contributed by atoms with Crippen LogP contribution in [0.1, 0.15) is 5.69 Å². The number of hydrogen-bond donors (Lipinski definition) is 0. The van der Waals surface area contributed by atoms with Gasteiger partial charge in [0.1, 0.15) is 5.58 Å². The monoisotopic (exact) mass is 1020 g/mol. The molecule has 0 bridgehead atoms. The smallest absolute Gasteiger partial charge is 0.121 e. The van der Waals surface area contributed by atoms with Gasteiger partial charge in [-0.3, -0.25) is 9.97 Å². The molecule has 0 saturated carbocycles. The summed E-state index contributed by atoms with van der Waals surface area (Å²) in [4.78, 5) is 14.3. The number of pyridine rings is 2. The van der Waals surface area contributed by atoms with Crippen LogP contribution in [0.4, 0.5) is 0 Å². The van der Waals surface area contributed by atoms with Gasteiger partial charge in [-0.2, -0.15) is 0 Å². The van der Waals surface area contributed by atoms with Crippen LogP contribution >= 0.6 is 0 Å². The number of fused-ring (bicyclic) bond motifs is 4. The summed E-state index contributed by atoms with van der Waals surface area (Å²) >= 11 is 0. The van der Waals surface area contributed by atoms with Crippen molar-refractivity contribution in [2.24, 2.45) is 0 Å². The van der Waals surface area contributed by atoms with Gasteiger partial charge in [0.15, 0.2) is 0 Å². The maximum Gasteiger partial charge on any atom is 0.121 e. The Morgan fingerprint density at radius 2 is 1.17 bits per heavy atom. The molecule has 0 spiro atoms. The first-order chi connectivity index (χ1) is 30.8. The van der Waals surface area contributed by atoms with Crippen LogP contribution in [0.2, 0.25) is 19.6 Å². The predicted octanol–water partition coefficient (Wildman–Crippen LogP) is 14.2. The van der Waals surface area contributed by atoms with E-state index in [-0.39, 0.29) is 20.1 Å². The molecular weight excluding hydrogens is 977 g/mol. The molecule has 64 heavy (non-hydrogen) atoms. The Balaban J connectivity index is 0.000000258. The van der Waals surface area contributed by atoms with E-state index >= 15 is 0 Å². The van der Waals surface area contributed by atoms with E-state index in [9.17, 15) is 0 Å². The van der Waals surface area contributed by atoms with Crippen molar-refractivity contribution in [2.45, 2.75) is 26.6 Å². The van der Waals surface area contributed by atoms with Crippen LogP contribution in [0.3, 0.4) is 0 Å². The molecule has 0 aliphatic rings. The Labute approximate surface area is 388 Å². The van der Waals surface area contributed by atoms with Gasteiger partial charge in [0.2, 0.25) is 0 Å². The molecule has 1 radical (unpaired) electrons. The zero-order valence-corrected chi connectivity index (χ0v) is 39.4. The third kappa shape index (κ3) is 8.54. The number of aryl methyl sites for hydroxylation is 1. The first-order valence-electron chi connectivity index (χ1n) is 21.2. The number of rotatable bonds is 7. The van der Waals surface area contributed by atoms with E-state index in [4.69, 9.17) is 9.40 Å². The summed E-state index contributed by atoms with van der Waals surface area (Å²) in [6.45, 7) is 8.99. The number of furan rings is 1. The molecule has 0 fully saturated rings. The van der Waals surface area contributed by atoms with E-state index in [2.05, 4.69) is 180 Å². The number of benzene rings is 7. The van der Waals surface area contributed by atoms with Gasteiger partial charge in [-0.25, -0.2) is 0 Å². The zero-order chi connectivity index (χ0) is 42.9. The Hall–Kier alpha value is -7.02. The van der Waals surface area contributed by atoms with Crippen LogP contribution in [-0.2, 0) is 20.1 Å². The summed E-state index contributed by atoms with van der Waals surface area (Å²) in [6, 6.07) is 69.6. The summed E-state index contributed by atoms with van der Waals surface area (Å²) in [6.07, 6.45) is 3.92. The Morgan fingerprint density at radius 3 is 1.80 bits per heavy atom. The van der Waals surface area contributed by atoms with E-state index < -0.39 is 8.07 Å². The molecule has 0 N–H and O–H groups in total. The maximum absolute atomic E-state index is 6.68. The molecule has 5 nitrogen and oxygen atoms in total. The number of imidazole rings is 1. The molecule has 0 atom stereocenters. The third-order valence-electron chi connectivity index (χ3n) is 11.5. The Kier molecular flexibility index (Phi) is 11.9. The van der Waals surface area contributed by atoms with Crippen LogP contribution in [0, 0.1) is 19.1 Å². The first-order valence-corrected chi connectivity index (χ1v) is 24.7. The van der Waals surface area contributed by atoms with Crippen molar-refractivity contribution < 1.29 is 24.5 Å². The summed E-state index contributed by atoms with van der Waals surface area (Å²) in [5.41, 5.74) is 15.2. The van der Waals surface area contributed by atoms with Crippen LogP contribution < -0.4 is 5.19 Å². The van der Waals surface area contributed by atoms with E-state index in [1.54, 1.807) is 0 Å². The quantitative estimate of drug-likeness (QED) is 0.118. The fourth-order valence-electron chi connectivity index (χ4n) is 8.06. The molecule has 0 saturated heterocycles. The van der Waals surface area contributed by atoms with Gasteiger partial charge in [0.05, 0.1) is 36.7 Å². The second-order valence-electron chi connectivity index (χ2n) is 16.8. The van der Waals surface area contributed by atoms with E-state index in [0.717, 1.165) is 83.7 Å². The fraction of sp³-hybridized carbons (Fsp3) is 0.0702. The zero-order valence-electron chi connectivity index (χ0n) is 36.0. The molecule has 0 aliphatic carbocycles. The van der Waals surface area contributed by atoms with Gasteiger partial charge in [-0.05, 0) is 75.5 Å². The van der Waals surface area contributed by atoms with Crippen LogP contribution in [0.15, 0.2) is 199 Å². The first kappa shape index (κ1) is 42.3. The van der Waals surface area contributed by atoms with Crippen molar-refractivity contribution in [3.8, 4) is 61.7 Å². The molecule has 4 heterocycles. The van der Waals surface area contributed by atoms with Crippen LogP contribution in [0.5, 0.6) is 0 Å². The standard InChI is InChI=1S/C43H28N3O.C14H16NSi.Ir/c1-28-25-39-40(27-44-28)46(35-22-19-32(20-23-35)30-11-6-3-7-12-30)43(45-39)38-14-8-13-37-36-24-21-34(26-41(36)47-42(37)38)33-17-15-31(16-18-33)29-9-4-2-5-10-29;1-16(2,3)13-9-10-14(15-11-13)12-7-5-4-6-8-12;/h2-13,15-27H,1H3;4-7,9-11H,1-3H3;/q2*-1;. The average molecular weight is 1020 g/mol. The molecule has 0 amide bonds. The van der Waals surface area contributed by atoms with Crippen molar-refractivity contribution >= 4 is 46.2 Å². The van der Waals surface area contributed by atoms with Gasteiger partial charge in [-0.1, -0.05) is 152 Å². The average Bonchev–Trinajstić information content (AvgIpc) is 3.90. The second-order valence-corrected chi connectivity index (χ2v) is 21.9. The van der Waals surface area contributed by atoms with Crippen LogP contribution in [-0.4, -0.2) is 27.6 Å². The molecular formula is C57H44IrN4OSi-2. The predicted molar refractivity (Wildman–Crippen MR) is 263 cm³/mol. The fourth-order valence-corrected chi connectivity index (χ4v) is 9.10.